The Labute approximate surface area is 166 Å². The zero-order valence-electron chi connectivity index (χ0n) is 16.4. The molecule has 0 saturated heterocycles. The van der Waals surface area contributed by atoms with Gasteiger partial charge in [-0.05, 0) is 35.7 Å². The Morgan fingerprint density at radius 3 is 1.79 bits per heavy atom. The first-order valence-electron chi connectivity index (χ1n) is 9.26. The van der Waals surface area contributed by atoms with Gasteiger partial charge in [-0.2, -0.15) is 0 Å². The van der Waals surface area contributed by atoms with Crippen molar-refractivity contribution in [3.05, 3.63) is 95.6 Å². The van der Waals surface area contributed by atoms with Crippen molar-refractivity contribution in [3.63, 3.8) is 0 Å². The molecule has 144 valence electrons. The first-order chi connectivity index (χ1) is 13.6. The van der Waals surface area contributed by atoms with Gasteiger partial charge in [-0.3, -0.25) is 4.79 Å². The van der Waals surface area contributed by atoms with Crippen LogP contribution in [0.5, 0.6) is 11.5 Å². The summed E-state index contributed by atoms with van der Waals surface area (Å²) in [4.78, 5) is 13.2. The molecule has 0 aliphatic rings. The first kappa shape index (κ1) is 19.5. The Bertz CT molecular complexity index is 870. The van der Waals surface area contributed by atoms with Crippen molar-refractivity contribution in [3.8, 4) is 11.5 Å². The SMILES string of the molecule is COc1ccc(C(C)NC(=O)C(c2ccccc2)c2ccccc2)cc1OC. The number of carbonyl (C=O) groups excluding carboxylic acids is 1. The van der Waals surface area contributed by atoms with Crippen LogP contribution in [0.2, 0.25) is 0 Å². The summed E-state index contributed by atoms with van der Waals surface area (Å²) in [6, 6.07) is 25.2. The van der Waals surface area contributed by atoms with E-state index in [0.29, 0.717) is 11.5 Å². The third kappa shape index (κ3) is 4.34. The van der Waals surface area contributed by atoms with Gasteiger partial charge in [-0.1, -0.05) is 66.7 Å². The van der Waals surface area contributed by atoms with Crippen LogP contribution >= 0.6 is 0 Å². The van der Waals surface area contributed by atoms with Gasteiger partial charge in [-0.25, -0.2) is 0 Å². The van der Waals surface area contributed by atoms with Crippen molar-refractivity contribution in [1.29, 1.82) is 0 Å². The standard InChI is InChI=1S/C24H25NO3/c1-17(20-14-15-21(27-2)22(16-20)28-3)25-24(26)23(18-10-6-4-7-11-18)19-12-8-5-9-13-19/h4-17,23H,1-3H3,(H,25,26). The summed E-state index contributed by atoms with van der Waals surface area (Å²) in [6.07, 6.45) is 0. The van der Waals surface area contributed by atoms with Crippen LogP contribution in [0.25, 0.3) is 0 Å². The number of carbonyl (C=O) groups is 1. The maximum atomic E-state index is 13.2. The fourth-order valence-corrected chi connectivity index (χ4v) is 3.29. The summed E-state index contributed by atoms with van der Waals surface area (Å²) in [5.74, 6) is 0.893. The highest BCUT2D eigenvalue weighted by Crippen LogP contribution is 2.31. The molecule has 0 saturated carbocycles. The van der Waals surface area contributed by atoms with Crippen molar-refractivity contribution in [2.24, 2.45) is 0 Å². The van der Waals surface area contributed by atoms with Crippen LogP contribution < -0.4 is 14.8 Å². The highest BCUT2D eigenvalue weighted by molar-refractivity contribution is 5.87. The number of nitrogens with one attached hydrogen (secondary N) is 1. The minimum Gasteiger partial charge on any atom is -0.493 e. The molecule has 4 nitrogen and oxygen atoms in total. The van der Waals surface area contributed by atoms with Crippen molar-refractivity contribution in [2.75, 3.05) is 14.2 Å². The minimum absolute atomic E-state index is 0.0420. The molecule has 1 atom stereocenters. The molecule has 0 aliphatic heterocycles. The van der Waals surface area contributed by atoms with Crippen molar-refractivity contribution >= 4 is 5.91 Å². The van der Waals surface area contributed by atoms with E-state index in [9.17, 15) is 4.79 Å². The number of rotatable bonds is 7. The number of hydrogen-bond donors (Lipinski definition) is 1. The average molecular weight is 375 g/mol. The topological polar surface area (TPSA) is 47.6 Å². The average Bonchev–Trinajstić information content (AvgIpc) is 2.74. The van der Waals surface area contributed by atoms with Crippen LogP contribution in [-0.2, 0) is 4.79 Å². The summed E-state index contributed by atoms with van der Waals surface area (Å²) in [5.41, 5.74) is 2.88. The van der Waals surface area contributed by atoms with Gasteiger partial charge in [-0.15, -0.1) is 0 Å². The van der Waals surface area contributed by atoms with Crippen LogP contribution in [0, 0.1) is 0 Å². The van der Waals surface area contributed by atoms with Gasteiger partial charge in [0.2, 0.25) is 5.91 Å². The zero-order valence-corrected chi connectivity index (χ0v) is 16.4. The normalized spacial score (nSPS) is 11.7. The molecular formula is C24H25NO3. The molecule has 0 spiro atoms. The Morgan fingerprint density at radius 2 is 1.29 bits per heavy atom. The lowest BCUT2D eigenvalue weighted by molar-refractivity contribution is -0.122. The molecular weight excluding hydrogens is 350 g/mol. The van der Waals surface area contributed by atoms with E-state index in [1.54, 1.807) is 14.2 Å². The van der Waals surface area contributed by atoms with E-state index >= 15 is 0 Å². The van der Waals surface area contributed by atoms with E-state index in [1.165, 1.54) is 0 Å². The smallest absolute Gasteiger partial charge is 0.232 e. The number of methoxy groups -OCH3 is 2. The number of amides is 1. The number of ether oxygens (including phenoxy) is 2. The molecule has 1 unspecified atom stereocenters. The highest BCUT2D eigenvalue weighted by Gasteiger charge is 2.24. The van der Waals surface area contributed by atoms with E-state index in [1.807, 2.05) is 85.8 Å². The lowest BCUT2D eigenvalue weighted by atomic mass is 9.90. The van der Waals surface area contributed by atoms with Gasteiger partial charge in [0.25, 0.3) is 0 Å². The van der Waals surface area contributed by atoms with E-state index in [-0.39, 0.29) is 17.9 Å². The van der Waals surface area contributed by atoms with Gasteiger partial charge in [0.05, 0.1) is 26.2 Å². The van der Waals surface area contributed by atoms with Gasteiger partial charge in [0.15, 0.2) is 11.5 Å². The maximum Gasteiger partial charge on any atom is 0.232 e. The van der Waals surface area contributed by atoms with Gasteiger partial charge in [0, 0.05) is 0 Å². The fourth-order valence-electron chi connectivity index (χ4n) is 3.29. The maximum absolute atomic E-state index is 13.2. The third-order valence-electron chi connectivity index (χ3n) is 4.79. The Balaban J connectivity index is 1.86. The minimum atomic E-state index is -0.370. The largest absolute Gasteiger partial charge is 0.493 e. The lowest BCUT2D eigenvalue weighted by Crippen LogP contribution is -2.32. The summed E-state index contributed by atoms with van der Waals surface area (Å²) < 4.78 is 10.7. The zero-order chi connectivity index (χ0) is 19.9. The second kappa shape index (κ2) is 9.09. The molecule has 1 N–H and O–H groups in total. The van der Waals surface area contributed by atoms with Crippen LogP contribution in [0.1, 0.15) is 35.6 Å². The van der Waals surface area contributed by atoms with E-state index < -0.39 is 0 Å². The number of benzene rings is 3. The molecule has 4 heteroatoms. The van der Waals surface area contributed by atoms with Crippen LogP contribution in [0.15, 0.2) is 78.9 Å². The van der Waals surface area contributed by atoms with Gasteiger partial charge < -0.3 is 14.8 Å². The van der Waals surface area contributed by atoms with Crippen LogP contribution in [0.3, 0.4) is 0 Å². The molecule has 0 bridgehead atoms. The highest BCUT2D eigenvalue weighted by atomic mass is 16.5. The fraction of sp³-hybridized carbons (Fsp3) is 0.208. The van der Waals surface area contributed by atoms with Gasteiger partial charge >= 0.3 is 0 Å². The molecule has 0 radical (unpaired) electrons. The second-order valence-electron chi connectivity index (χ2n) is 6.60. The van der Waals surface area contributed by atoms with Crippen molar-refractivity contribution < 1.29 is 14.3 Å². The molecule has 0 aromatic heterocycles. The lowest BCUT2D eigenvalue weighted by Gasteiger charge is -2.22. The van der Waals surface area contributed by atoms with E-state index in [0.717, 1.165) is 16.7 Å². The molecule has 0 fully saturated rings. The second-order valence-corrected chi connectivity index (χ2v) is 6.60. The van der Waals surface area contributed by atoms with Crippen LogP contribution in [0.4, 0.5) is 0 Å². The summed E-state index contributed by atoms with van der Waals surface area (Å²) >= 11 is 0. The van der Waals surface area contributed by atoms with E-state index in [4.69, 9.17) is 9.47 Å². The summed E-state index contributed by atoms with van der Waals surface area (Å²) in [5, 5.41) is 3.15. The van der Waals surface area contributed by atoms with Gasteiger partial charge in [0.1, 0.15) is 0 Å². The monoisotopic (exact) mass is 375 g/mol. The first-order valence-corrected chi connectivity index (χ1v) is 9.26. The van der Waals surface area contributed by atoms with Crippen molar-refractivity contribution in [2.45, 2.75) is 18.9 Å². The summed E-state index contributed by atoms with van der Waals surface area (Å²) in [6.45, 7) is 1.96. The molecule has 3 rings (SSSR count). The number of hydrogen-bond acceptors (Lipinski definition) is 3. The Morgan fingerprint density at radius 1 is 0.750 bits per heavy atom. The predicted molar refractivity (Wildman–Crippen MR) is 111 cm³/mol. The molecule has 1 amide bonds. The summed E-state index contributed by atoms with van der Waals surface area (Å²) in [7, 11) is 3.21. The van der Waals surface area contributed by atoms with E-state index in [2.05, 4.69) is 5.32 Å². The Hall–Kier alpha value is -3.27. The molecule has 0 heterocycles. The Kier molecular flexibility index (Phi) is 6.33. The molecule has 3 aromatic rings. The third-order valence-corrected chi connectivity index (χ3v) is 4.79. The molecule has 28 heavy (non-hydrogen) atoms. The quantitative estimate of drug-likeness (QED) is 0.650. The molecule has 0 aliphatic carbocycles. The van der Waals surface area contributed by atoms with Crippen LogP contribution in [-0.4, -0.2) is 20.1 Å². The predicted octanol–water partition coefficient (Wildman–Crippen LogP) is 4.71. The molecule has 3 aromatic carbocycles. The van der Waals surface area contributed by atoms with Crippen molar-refractivity contribution in [1.82, 2.24) is 5.32 Å².